The van der Waals surface area contributed by atoms with Crippen LogP contribution in [0.15, 0.2) is 0 Å². The highest BCUT2D eigenvalue weighted by Gasteiger charge is 2.32. The molecule has 1 saturated heterocycles. The predicted molar refractivity (Wildman–Crippen MR) is 64.2 cm³/mol. The molecule has 0 bridgehead atoms. The number of carbonyl (C=O) groups is 1. The molecule has 94 valence electrons. The Balaban J connectivity index is 2.64. The van der Waals surface area contributed by atoms with E-state index in [1.165, 1.54) is 0 Å². The summed E-state index contributed by atoms with van der Waals surface area (Å²) in [6, 6.07) is 0.136. The first-order chi connectivity index (χ1) is 7.31. The van der Waals surface area contributed by atoms with Crippen LogP contribution < -0.4 is 5.73 Å². The predicted octanol–water partition coefficient (Wildman–Crippen LogP) is 2.12. The van der Waals surface area contributed by atoms with E-state index in [9.17, 15) is 4.79 Å². The maximum atomic E-state index is 12.0. The number of nitrogens with zero attached hydrogens (tertiary/aromatic N) is 1. The van der Waals surface area contributed by atoms with Crippen molar-refractivity contribution in [1.29, 1.82) is 0 Å². The molecule has 1 aliphatic heterocycles. The van der Waals surface area contributed by atoms with E-state index in [0.717, 1.165) is 25.8 Å². The van der Waals surface area contributed by atoms with Crippen molar-refractivity contribution < 1.29 is 9.53 Å². The average Bonchev–Trinajstić information content (AvgIpc) is 2.15. The van der Waals surface area contributed by atoms with Crippen LogP contribution in [0.2, 0.25) is 0 Å². The minimum Gasteiger partial charge on any atom is -0.444 e. The Morgan fingerprint density at radius 1 is 1.44 bits per heavy atom. The molecule has 1 heterocycles. The third-order valence-corrected chi connectivity index (χ3v) is 2.78. The van der Waals surface area contributed by atoms with E-state index in [1.807, 2.05) is 27.7 Å². The van der Waals surface area contributed by atoms with Crippen molar-refractivity contribution in [2.24, 2.45) is 5.73 Å². The third-order valence-electron chi connectivity index (χ3n) is 2.78. The van der Waals surface area contributed by atoms with Crippen molar-refractivity contribution in [3.63, 3.8) is 0 Å². The summed E-state index contributed by atoms with van der Waals surface area (Å²) in [5, 5.41) is 0. The number of rotatable bonds is 1. The van der Waals surface area contributed by atoms with Crippen LogP contribution in [-0.4, -0.2) is 35.2 Å². The van der Waals surface area contributed by atoms with Gasteiger partial charge < -0.3 is 15.4 Å². The lowest BCUT2D eigenvalue weighted by Gasteiger charge is -2.38. The molecule has 1 aliphatic rings. The maximum Gasteiger partial charge on any atom is 0.410 e. The topological polar surface area (TPSA) is 55.6 Å². The van der Waals surface area contributed by atoms with Gasteiger partial charge in [0, 0.05) is 18.6 Å². The molecule has 0 aromatic rings. The molecule has 0 aromatic heterocycles. The lowest BCUT2D eigenvalue weighted by atomic mass is 9.97. The molecule has 1 fully saturated rings. The van der Waals surface area contributed by atoms with Crippen LogP contribution in [-0.2, 0) is 4.74 Å². The van der Waals surface area contributed by atoms with Gasteiger partial charge in [-0.1, -0.05) is 0 Å². The molecular formula is C12H24N2O2. The fourth-order valence-corrected chi connectivity index (χ4v) is 2.05. The summed E-state index contributed by atoms with van der Waals surface area (Å²) >= 11 is 0. The molecule has 0 spiro atoms. The highest BCUT2D eigenvalue weighted by Crippen LogP contribution is 2.21. The fraction of sp³-hybridized carbons (Fsp3) is 0.917. The number of ether oxygens (including phenoxy) is 1. The lowest BCUT2D eigenvalue weighted by Crippen LogP contribution is -2.52. The van der Waals surface area contributed by atoms with Crippen LogP contribution in [0.4, 0.5) is 4.79 Å². The molecule has 1 rings (SSSR count). The van der Waals surface area contributed by atoms with Gasteiger partial charge in [-0.05, 0) is 47.0 Å². The number of likely N-dealkylation sites (tertiary alicyclic amines) is 1. The second kappa shape index (κ2) is 5.04. The van der Waals surface area contributed by atoms with Crippen molar-refractivity contribution in [2.75, 3.05) is 6.54 Å². The largest absolute Gasteiger partial charge is 0.444 e. The van der Waals surface area contributed by atoms with Crippen LogP contribution >= 0.6 is 0 Å². The van der Waals surface area contributed by atoms with Gasteiger partial charge in [-0.25, -0.2) is 4.79 Å². The lowest BCUT2D eigenvalue weighted by molar-refractivity contribution is 0.00731. The number of carbonyl (C=O) groups excluding carboxylic acids is 1. The Labute approximate surface area is 98.1 Å². The van der Waals surface area contributed by atoms with E-state index in [2.05, 4.69) is 0 Å². The highest BCUT2D eigenvalue weighted by molar-refractivity contribution is 5.68. The van der Waals surface area contributed by atoms with Gasteiger partial charge in [-0.15, -0.1) is 0 Å². The quantitative estimate of drug-likeness (QED) is 0.748. The van der Waals surface area contributed by atoms with Gasteiger partial charge in [0.15, 0.2) is 0 Å². The maximum absolute atomic E-state index is 12.0. The second-order valence-electron chi connectivity index (χ2n) is 5.60. The molecule has 2 N–H and O–H groups in total. The van der Waals surface area contributed by atoms with Crippen molar-refractivity contribution in [3.8, 4) is 0 Å². The number of nitrogens with two attached hydrogens (primary N) is 1. The standard InChI is InChI=1S/C12H24N2O2/c1-9(13)10-7-5-6-8-14(10)11(15)16-12(2,3)4/h9-10H,5-8,13H2,1-4H3/t9-,10?/m0/s1. The Morgan fingerprint density at radius 2 is 2.06 bits per heavy atom. The van der Waals surface area contributed by atoms with E-state index in [-0.39, 0.29) is 18.2 Å². The van der Waals surface area contributed by atoms with Crippen molar-refractivity contribution >= 4 is 6.09 Å². The zero-order valence-electron chi connectivity index (χ0n) is 10.8. The number of piperidine rings is 1. The summed E-state index contributed by atoms with van der Waals surface area (Å²) in [6.07, 6.45) is 2.94. The van der Waals surface area contributed by atoms with Crippen molar-refractivity contribution in [1.82, 2.24) is 4.90 Å². The Morgan fingerprint density at radius 3 is 2.56 bits per heavy atom. The summed E-state index contributed by atoms with van der Waals surface area (Å²) in [5.74, 6) is 0. The summed E-state index contributed by atoms with van der Waals surface area (Å²) in [5.41, 5.74) is 5.48. The summed E-state index contributed by atoms with van der Waals surface area (Å²) in [6.45, 7) is 8.37. The molecule has 0 aliphatic carbocycles. The summed E-state index contributed by atoms with van der Waals surface area (Å²) < 4.78 is 5.39. The molecule has 1 amide bonds. The molecular weight excluding hydrogens is 204 g/mol. The van der Waals surface area contributed by atoms with Gasteiger partial charge in [0.1, 0.15) is 5.60 Å². The minimum absolute atomic E-state index is 0.00724. The fourth-order valence-electron chi connectivity index (χ4n) is 2.05. The van der Waals surface area contributed by atoms with E-state index >= 15 is 0 Å². The molecule has 16 heavy (non-hydrogen) atoms. The van der Waals surface area contributed by atoms with Crippen molar-refractivity contribution in [2.45, 2.75) is 64.6 Å². The van der Waals surface area contributed by atoms with Crippen LogP contribution in [0.25, 0.3) is 0 Å². The first-order valence-corrected chi connectivity index (χ1v) is 6.06. The van der Waals surface area contributed by atoms with E-state index in [0.29, 0.717) is 0 Å². The zero-order valence-corrected chi connectivity index (χ0v) is 10.8. The first kappa shape index (κ1) is 13.3. The SMILES string of the molecule is C[C@H](N)C1CCCCN1C(=O)OC(C)(C)C. The molecule has 4 nitrogen and oxygen atoms in total. The number of hydrogen-bond donors (Lipinski definition) is 1. The average molecular weight is 228 g/mol. The van der Waals surface area contributed by atoms with E-state index < -0.39 is 5.60 Å². The van der Waals surface area contributed by atoms with Gasteiger partial charge in [-0.3, -0.25) is 0 Å². The molecule has 0 radical (unpaired) electrons. The van der Waals surface area contributed by atoms with Crippen LogP contribution in [0.5, 0.6) is 0 Å². The summed E-state index contributed by atoms with van der Waals surface area (Å²) in [7, 11) is 0. The van der Waals surface area contributed by atoms with Gasteiger partial charge >= 0.3 is 6.09 Å². The van der Waals surface area contributed by atoms with E-state index in [1.54, 1.807) is 4.90 Å². The van der Waals surface area contributed by atoms with Crippen molar-refractivity contribution in [3.05, 3.63) is 0 Å². The van der Waals surface area contributed by atoms with Crippen LogP contribution in [0, 0.1) is 0 Å². The second-order valence-corrected chi connectivity index (χ2v) is 5.60. The Hall–Kier alpha value is -0.770. The molecule has 0 aromatic carbocycles. The highest BCUT2D eigenvalue weighted by atomic mass is 16.6. The Bertz CT molecular complexity index is 246. The first-order valence-electron chi connectivity index (χ1n) is 6.06. The molecule has 1 unspecified atom stereocenters. The van der Waals surface area contributed by atoms with Crippen LogP contribution in [0.3, 0.4) is 0 Å². The molecule has 4 heteroatoms. The van der Waals surface area contributed by atoms with Gasteiger partial charge in [0.05, 0.1) is 0 Å². The van der Waals surface area contributed by atoms with Crippen LogP contribution in [0.1, 0.15) is 47.0 Å². The molecule has 2 atom stereocenters. The van der Waals surface area contributed by atoms with E-state index in [4.69, 9.17) is 10.5 Å². The number of hydrogen-bond acceptors (Lipinski definition) is 3. The minimum atomic E-state index is -0.434. The zero-order chi connectivity index (χ0) is 12.3. The van der Waals surface area contributed by atoms with Gasteiger partial charge in [-0.2, -0.15) is 0 Å². The third kappa shape index (κ3) is 3.67. The summed E-state index contributed by atoms with van der Waals surface area (Å²) in [4.78, 5) is 13.8. The smallest absolute Gasteiger partial charge is 0.410 e. The normalized spacial score (nSPS) is 24.1. The number of amides is 1. The van der Waals surface area contributed by atoms with Gasteiger partial charge in [0.25, 0.3) is 0 Å². The van der Waals surface area contributed by atoms with Gasteiger partial charge in [0.2, 0.25) is 0 Å². The Kier molecular flexibility index (Phi) is 4.19. The molecule has 0 saturated carbocycles. The monoisotopic (exact) mass is 228 g/mol.